The molecule has 0 bridgehead atoms. The van der Waals surface area contributed by atoms with Crippen LogP contribution in [0.2, 0.25) is 0 Å². The molecule has 2 fully saturated rings. The van der Waals surface area contributed by atoms with Gasteiger partial charge in [-0.15, -0.1) is 11.3 Å². The van der Waals surface area contributed by atoms with Crippen molar-refractivity contribution >= 4 is 29.2 Å². The fraction of sp³-hybridized carbons (Fsp3) is 0.720. The molecule has 0 spiro atoms. The smallest absolute Gasteiger partial charge is 0.315 e. The lowest BCUT2D eigenvalue weighted by Gasteiger charge is -2.40. The predicted molar refractivity (Wildman–Crippen MR) is 132 cm³/mol. The number of nitrogens with one attached hydrogen (secondary N) is 3. The zero-order valence-electron chi connectivity index (χ0n) is 20.7. The molecule has 1 saturated heterocycles. The molecule has 3 rings (SSSR count). The summed E-state index contributed by atoms with van der Waals surface area (Å²) in [5.74, 6) is -0.256. The third kappa shape index (κ3) is 6.08. The summed E-state index contributed by atoms with van der Waals surface area (Å²) in [6.07, 6.45) is 6.83. The molecule has 1 aliphatic heterocycles. The van der Waals surface area contributed by atoms with E-state index in [0.717, 1.165) is 38.5 Å². The monoisotopic (exact) mass is 476 g/mol. The van der Waals surface area contributed by atoms with E-state index in [1.54, 1.807) is 23.3 Å². The Labute approximate surface area is 202 Å². The van der Waals surface area contributed by atoms with Crippen molar-refractivity contribution in [1.29, 1.82) is 0 Å². The number of amides is 4. The molecule has 2 aliphatic rings. The second-order valence-corrected chi connectivity index (χ2v) is 11.9. The first-order valence-corrected chi connectivity index (χ1v) is 13.1. The molecule has 184 valence electrons. The van der Waals surface area contributed by atoms with E-state index >= 15 is 0 Å². The van der Waals surface area contributed by atoms with Gasteiger partial charge in [-0.05, 0) is 42.0 Å². The molecule has 1 saturated carbocycles. The molecule has 3 N–H and O–H groups in total. The highest BCUT2D eigenvalue weighted by molar-refractivity contribution is 7.09. The number of likely N-dealkylation sites (tertiary alicyclic amines) is 1. The van der Waals surface area contributed by atoms with Crippen molar-refractivity contribution < 1.29 is 14.4 Å². The zero-order chi connectivity index (χ0) is 24.2. The number of hydrogen-bond donors (Lipinski definition) is 3. The molecule has 1 aliphatic carbocycles. The maximum absolute atomic E-state index is 13.6. The average molecular weight is 477 g/mol. The van der Waals surface area contributed by atoms with Crippen LogP contribution in [0.1, 0.15) is 71.1 Å². The zero-order valence-corrected chi connectivity index (χ0v) is 21.5. The van der Waals surface area contributed by atoms with Crippen LogP contribution in [-0.2, 0) is 16.0 Å². The first-order chi connectivity index (χ1) is 15.6. The summed E-state index contributed by atoms with van der Waals surface area (Å²) < 4.78 is 0. The van der Waals surface area contributed by atoms with Crippen molar-refractivity contribution in [3.05, 3.63) is 22.4 Å². The van der Waals surface area contributed by atoms with E-state index in [4.69, 9.17) is 0 Å². The minimum Gasteiger partial charge on any atom is -0.357 e. The van der Waals surface area contributed by atoms with Gasteiger partial charge in [-0.1, -0.05) is 53.0 Å². The highest BCUT2D eigenvalue weighted by Gasteiger charge is 2.45. The van der Waals surface area contributed by atoms with E-state index in [-0.39, 0.29) is 29.3 Å². The Morgan fingerprint density at radius 2 is 1.91 bits per heavy atom. The molecule has 7 nitrogen and oxygen atoms in total. The number of likely N-dealkylation sites (N-methyl/N-ethyl adjacent to an activating group) is 1. The summed E-state index contributed by atoms with van der Waals surface area (Å²) in [7, 11) is 1.60. The van der Waals surface area contributed by atoms with Crippen LogP contribution in [0.25, 0.3) is 0 Å². The Hall–Kier alpha value is -2.09. The molecule has 3 atom stereocenters. The van der Waals surface area contributed by atoms with Gasteiger partial charge < -0.3 is 20.9 Å². The molecule has 2 heterocycles. The maximum Gasteiger partial charge on any atom is 0.315 e. The van der Waals surface area contributed by atoms with Crippen molar-refractivity contribution in [2.75, 3.05) is 13.6 Å². The normalized spacial score (nSPS) is 23.6. The minimum absolute atomic E-state index is 0.0830. The molecule has 8 heteroatoms. The SMILES string of the molecule is CNC(=O)[C@@H]1[C@@H](C)CCN1C(=O)[C@@H](NC(=O)NC1(Cc2cccs2)CCCCC1)C(C)(C)C. The number of carbonyl (C=O) groups is 3. The number of carbonyl (C=O) groups excluding carboxylic acids is 3. The van der Waals surface area contributed by atoms with Gasteiger partial charge in [0.1, 0.15) is 12.1 Å². The lowest BCUT2D eigenvalue weighted by atomic mass is 9.79. The molecule has 0 aromatic carbocycles. The molecule has 1 aromatic rings. The summed E-state index contributed by atoms with van der Waals surface area (Å²) in [6.45, 7) is 8.37. The van der Waals surface area contributed by atoms with Gasteiger partial charge in [0.15, 0.2) is 0 Å². The Morgan fingerprint density at radius 1 is 1.21 bits per heavy atom. The summed E-state index contributed by atoms with van der Waals surface area (Å²) >= 11 is 1.72. The van der Waals surface area contributed by atoms with E-state index in [0.29, 0.717) is 6.54 Å². The van der Waals surface area contributed by atoms with E-state index in [1.807, 2.05) is 33.8 Å². The number of thiophene rings is 1. The van der Waals surface area contributed by atoms with Gasteiger partial charge in [0.25, 0.3) is 0 Å². The van der Waals surface area contributed by atoms with E-state index in [1.165, 1.54) is 11.3 Å². The summed E-state index contributed by atoms with van der Waals surface area (Å²) in [5, 5.41) is 11.0. The van der Waals surface area contributed by atoms with Gasteiger partial charge in [0.2, 0.25) is 11.8 Å². The predicted octanol–water partition coefficient (Wildman–Crippen LogP) is 3.69. The summed E-state index contributed by atoms with van der Waals surface area (Å²) in [5.41, 5.74) is -0.785. The fourth-order valence-electron chi connectivity index (χ4n) is 5.29. The quantitative estimate of drug-likeness (QED) is 0.585. The van der Waals surface area contributed by atoms with Gasteiger partial charge in [-0.2, -0.15) is 0 Å². The first kappa shape index (κ1) is 25.5. The Balaban J connectivity index is 1.76. The van der Waals surface area contributed by atoms with Crippen LogP contribution < -0.4 is 16.0 Å². The van der Waals surface area contributed by atoms with Crippen molar-refractivity contribution in [1.82, 2.24) is 20.9 Å². The van der Waals surface area contributed by atoms with Crippen LogP contribution in [0.4, 0.5) is 4.79 Å². The van der Waals surface area contributed by atoms with Crippen molar-refractivity contribution in [3.8, 4) is 0 Å². The third-order valence-electron chi connectivity index (χ3n) is 7.17. The molecular weight excluding hydrogens is 436 g/mol. The van der Waals surface area contributed by atoms with E-state index < -0.39 is 17.5 Å². The van der Waals surface area contributed by atoms with Gasteiger partial charge in [0.05, 0.1) is 0 Å². The number of nitrogens with zero attached hydrogens (tertiary/aromatic N) is 1. The standard InChI is InChI=1S/C25H40N4O3S/c1-17-11-14-29(19(17)21(30)26-5)22(31)20(24(2,3)4)27-23(32)28-25(12-7-6-8-13-25)16-18-10-9-15-33-18/h9-10,15,17,19-20H,6-8,11-14,16H2,1-5H3,(H,26,30)(H2,27,28,32)/t17-,19-,20+/m0/s1. The van der Waals surface area contributed by atoms with Gasteiger partial charge in [0, 0.05) is 30.4 Å². The topological polar surface area (TPSA) is 90.5 Å². The third-order valence-corrected chi connectivity index (χ3v) is 8.05. The molecule has 1 aromatic heterocycles. The summed E-state index contributed by atoms with van der Waals surface area (Å²) in [6, 6.07) is 2.64. The first-order valence-electron chi connectivity index (χ1n) is 12.2. The molecule has 0 unspecified atom stereocenters. The Morgan fingerprint density at radius 3 is 2.48 bits per heavy atom. The number of hydrogen-bond acceptors (Lipinski definition) is 4. The fourth-order valence-corrected chi connectivity index (χ4v) is 6.13. The number of urea groups is 1. The average Bonchev–Trinajstić information content (AvgIpc) is 3.40. The Bertz CT molecular complexity index is 827. The Kier molecular flexibility index (Phi) is 8.08. The second kappa shape index (κ2) is 10.5. The highest BCUT2D eigenvalue weighted by Crippen LogP contribution is 2.33. The van der Waals surface area contributed by atoms with Crippen LogP contribution in [0.5, 0.6) is 0 Å². The van der Waals surface area contributed by atoms with Crippen LogP contribution in [0, 0.1) is 11.3 Å². The lowest BCUT2D eigenvalue weighted by molar-refractivity contribution is -0.142. The van der Waals surface area contributed by atoms with Crippen molar-refractivity contribution in [2.24, 2.45) is 11.3 Å². The summed E-state index contributed by atoms with van der Waals surface area (Å²) in [4.78, 5) is 42.3. The number of rotatable bonds is 6. The highest BCUT2D eigenvalue weighted by atomic mass is 32.1. The van der Waals surface area contributed by atoms with Crippen LogP contribution in [-0.4, -0.2) is 54.0 Å². The van der Waals surface area contributed by atoms with E-state index in [2.05, 4.69) is 27.4 Å². The van der Waals surface area contributed by atoms with Gasteiger partial charge in [-0.3, -0.25) is 9.59 Å². The maximum atomic E-state index is 13.6. The van der Waals surface area contributed by atoms with Gasteiger partial charge in [-0.25, -0.2) is 4.79 Å². The largest absolute Gasteiger partial charge is 0.357 e. The van der Waals surface area contributed by atoms with Crippen LogP contribution >= 0.6 is 11.3 Å². The second-order valence-electron chi connectivity index (χ2n) is 10.9. The van der Waals surface area contributed by atoms with Crippen LogP contribution in [0.15, 0.2) is 17.5 Å². The molecular formula is C25H40N4O3S. The van der Waals surface area contributed by atoms with Crippen LogP contribution in [0.3, 0.4) is 0 Å². The molecule has 33 heavy (non-hydrogen) atoms. The molecule has 4 amide bonds. The van der Waals surface area contributed by atoms with Gasteiger partial charge >= 0.3 is 6.03 Å². The van der Waals surface area contributed by atoms with Crippen molar-refractivity contribution in [3.63, 3.8) is 0 Å². The van der Waals surface area contributed by atoms with Crippen molar-refractivity contribution in [2.45, 2.75) is 90.3 Å². The molecule has 0 radical (unpaired) electrons. The lowest BCUT2D eigenvalue weighted by Crippen LogP contribution is -2.62. The van der Waals surface area contributed by atoms with E-state index in [9.17, 15) is 14.4 Å². The minimum atomic E-state index is -0.725.